The number of benzene rings is 2. The molecular formula is C18H12Br2N2O5. The molecular weight excluding hydrogens is 484 g/mol. The number of carboxylic acid groups (broad SMARTS) is 1. The van der Waals surface area contributed by atoms with Gasteiger partial charge in [0.1, 0.15) is 11.3 Å². The van der Waals surface area contributed by atoms with Crippen LogP contribution in [0.3, 0.4) is 0 Å². The van der Waals surface area contributed by atoms with E-state index < -0.39 is 18.5 Å². The Kier molecular flexibility index (Phi) is 5.92. The van der Waals surface area contributed by atoms with Gasteiger partial charge in [0.05, 0.1) is 10.7 Å². The van der Waals surface area contributed by atoms with Gasteiger partial charge in [0, 0.05) is 9.86 Å². The highest BCUT2D eigenvalue weighted by Gasteiger charge is 2.11. The van der Waals surface area contributed by atoms with Crippen molar-refractivity contribution in [2.45, 2.75) is 0 Å². The van der Waals surface area contributed by atoms with Gasteiger partial charge in [-0.15, -0.1) is 0 Å². The Labute approximate surface area is 170 Å². The fourth-order valence-electron chi connectivity index (χ4n) is 2.20. The van der Waals surface area contributed by atoms with E-state index in [1.807, 2.05) is 12.1 Å². The summed E-state index contributed by atoms with van der Waals surface area (Å²) in [6.07, 6.45) is 1.45. The topological polar surface area (TPSA) is 101 Å². The van der Waals surface area contributed by atoms with E-state index in [1.54, 1.807) is 30.3 Å². The number of ether oxygens (including phenoxy) is 1. The van der Waals surface area contributed by atoms with Crippen molar-refractivity contribution >= 4 is 60.9 Å². The molecule has 0 spiro atoms. The number of amides is 1. The molecule has 2 N–H and O–H groups in total. The lowest BCUT2D eigenvalue weighted by molar-refractivity contribution is -0.139. The van der Waals surface area contributed by atoms with Crippen LogP contribution in [-0.2, 0) is 4.79 Å². The normalized spacial score (nSPS) is 11.0. The Balaban J connectivity index is 1.64. The van der Waals surface area contributed by atoms with Gasteiger partial charge in [-0.05, 0) is 64.0 Å². The number of halogens is 2. The van der Waals surface area contributed by atoms with Crippen molar-refractivity contribution in [3.8, 4) is 5.75 Å². The predicted octanol–water partition coefficient (Wildman–Crippen LogP) is 4.19. The summed E-state index contributed by atoms with van der Waals surface area (Å²) in [7, 11) is 0. The largest absolute Gasteiger partial charge is 0.481 e. The summed E-state index contributed by atoms with van der Waals surface area (Å²) in [4.78, 5) is 22.7. The standard InChI is InChI=1S/C18H12Br2N2O5/c19-12-2-4-14-11(6-12)7-16(27-14)18(25)22-21-8-10-1-3-15(13(20)5-10)26-9-17(23)24/h1-8H,9H2,(H,22,25)(H,23,24)/b21-8+. The van der Waals surface area contributed by atoms with E-state index in [-0.39, 0.29) is 5.76 Å². The van der Waals surface area contributed by atoms with Gasteiger partial charge < -0.3 is 14.3 Å². The predicted molar refractivity (Wildman–Crippen MR) is 106 cm³/mol. The molecule has 9 heteroatoms. The van der Waals surface area contributed by atoms with Crippen molar-refractivity contribution < 1.29 is 23.8 Å². The fraction of sp³-hybridized carbons (Fsp3) is 0.0556. The van der Waals surface area contributed by atoms with Crippen molar-refractivity contribution in [1.82, 2.24) is 5.43 Å². The van der Waals surface area contributed by atoms with E-state index in [2.05, 4.69) is 42.4 Å². The summed E-state index contributed by atoms with van der Waals surface area (Å²) < 4.78 is 12.1. The van der Waals surface area contributed by atoms with Gasteiger partial charge in [-0.3, -0.25) is 4.79 Å². The molecule has 7 nitrogen and oxygen atoms in total. The molecule has 27 heavy (non-hydrogen) atoms. The summed E-state index contributed by atoms with van der Waals surface area (Å²) in [6.45, 7) is -0.434. The average Bonchev–Trinajstić information content (AvgIpc) is 3.04. The molecule has 0 bridgehead atoms. The highest BCUT2D eigenvalue weighted by atomic mass is 79.9. The van der Waals surface area contributed by atoms with Crippen LogP contribution < -0.4 is 10.2 Å². The monoisotopic (exact) mass is 494 g/mol. The lowest BCUT2D eigenvalue weighted by Crippen LogP contribution is -2.16. The van der Waals surface area contributed by atoms with E-state index in [4.69, 9.17) is 14.3 Å². The molecule has 0 radical (unpaired) electrons. The molecule has 1 heterocycles. The van der Waals surface area contributed by atoms with Gasteiger partial charge in [0.2, 0.25) is 0 Å². The van der Waals surface area contributed by atoms with Crippen LogP contribution in [0.25, 0.3) is 11.0 Å². The Morgan fingerprint density at radius 2 is 2.00 bits per heavy atom. The van der Waals surface area contributed by atoms with Crippen LogP contribution in [0.4, 0.5) is 0 Å². The van der Waals surface area contributed by atoms with Crippen molar-refractivity contribution in [2.24, 2.45) is 5.10 Å². The van der Waals surface area contributed by atoms with E-state index in [0.717, 1.165) is 9.86 Å². The summed E-state index contributed by atoms with van der Waals surface area (Å²) in [6, 6.07) is 12.0. The number of carbonyl (C=O) groups is 2. The van der Waals surface area contributed by atoms with E-state index >= 15 is 0 Å². The van der Waals surface area contributed by atoms with Crippen LogP contribution in [0.2, 0.25) is 0 Å². The molecule has 2 aromatic carbocycles. The number of fused-ring (bicyclic) bond motifs is 1. The molecule has 1 amide bonds. The van der Waals surface area contributed by atoms with Crippen LogP contribution in [0.5, 0.6) is 5.75 Å². The van der Waals surface area contributed by atoms with E-state index in [1.165, 1.54) is 6.21 Å². The molecule has 1 aromatic heterocycles. The average molecular weight is 496 g/mol. The van der Waals surface area contributed by atoms with E-state index in [0.29, 0.717) is 21.4 Å². The number of aliphatic carboxylic acids is 1. The Morgan fingerprint density at radius 3 is 2.74 bits per heavy atom. The van der Waals surface area contributed by atoms with Gasteiger partial charge in [-0.2, -0.15) is 5.10 Å². The number of nitrogens with zero attached hydrogens (tertiary/aromatic N) is 1. The third-order valence-corrected chi connectivity index (χ3v) is 4.50. The van der Waals surface area contributed by atoms with Gasteiger partial charge in [0.15, 0.2) is 12.4 Å². The zero-order chi connectivity index (χ0) is 19.4. The first-order chi connectivity index (χ1) is 12.9. The lowest BCUT2D eigenvalue weighted by atomic mass is 10.2. The molecule has 3 rings (SSSR count). The number of nitrogens with one attached hydrogen (secondary N) is 1. The van der Waals surface area contributed by atoms with E-state index in [9.17, 15) is 9.59 Å². The minimum Gasteiger partial charge on any atom is -0.481 e. The summed E-state index contributed by atoms with van der Waals surface area (Å²) >= 11 is 6.66. The van der Waals surface area contributed by atoms with Crippen molar-refractivity contribution in [2.75, 3.05) is 6.61 Å². The number of carbonyl (C=O) groups excluding carboxylic acids is 1. The molecule has 0 saturated heterocycles. The van der Waals surface area contributed by atoms with Crippen molar-refractivity contribution in [3.63, 3.8) is 0 Å². The second-order valence-corrected chi connectivity index (χ2v) is 7.13. The zero-order valence-corrected chi connectivity index (χ0v) is 16.8. The Hall–Kier alpha value is -2.65. The van der Waals surface area contributed by atoms with Crippen LogP contribution in [0.1, 0.15) is 16.1 Å². The molecule has 0 unspecified atom stereocenters. The number of carboxylic acids is 1. The van der Waals surface area contributed by atoms with Crippen LogP contribution >= 0.6 is 31.9 Å². The van der Waals surface area contributed by atoms with Gasteiger partial charge in [0.25, 0.3) is 0 Å². The van der Waals surface area contributed by atoms with Crippen molar-refractivity contribution in [3.05, 3.63) is 62.7 Å². The Morgan fingerprint density at radius 1 is 1.19 bits per heavy atom. The maximum Gasteiger partial charge on any atom is 0.341 e. The van der Waals surface area contributed by atoms with Crippen LogP contribution in [0, 0.1) is 0 Å². The zero-order valence-electron chi connectivity index (χ0n) is 13.6. The maximum absolute atomic E-state index is 12.1. The quantitative estimate of drug-likeness (QED) is 0.394. The highest BCUT2D eigenvalue weighted by Crippen LogP contribution is 2.25. The first kappa shape index (κ1) is 19.1. The van der Waals surface area contributed by atoms with Crippen LogP contribution in [-0.4, -0.2) is 29.8 Å². The number of rotatable bonds is 6. The minimum atomic E-state index is -1.06. The Bertz CT molecular complexity index is 1050. The minimum absolute atomic E-state index is 0.152. The molecule has 3 aromatic rings. The molecule has 138 valence electrons. The second-order valence-electron chi connectivity index (χ2n) is 5.36. The highest BCUT2D eigenvalue weighted by molar-refractivity contribution is 9.10. The summed E-state index contributed by atoms with van der Waals surface area (Å²) in [5.41, 5.74) is 3.68. The van der Waals surface area contributed by atoms with Crippen LogP contribution in [0.15, 0.2) is 60.9 Å². The molecule has 0 atom stereocenters. The smallest absolute Gasteiger partial charge is 0.341 e. The van der Waals surface area contributed by atoms with Gasteiger partial charge in [-0.25, -0.2) is 10.2 Å². The number of hydrogen-bond acceptors (Lipinski definition) is 5. The van der Waals surface area contributed by atoms with Gasteiger partial charge >= 0.3 is 11.9 Å². The molecule has 0 aliphatic rings. The molecule has 0 fully saturated rings. The third-order valence-electron chi connectivity index (χ3n) is 3.39. The number of hydrazone groups is 1. The van der Waals surface area contributed by atoms with Gasteiger partial charge in [-0.1, -0.05) is 15.9 Å². The molecule has 0 aliphatic carbocycles. The molecule has 0 aliphatic heterocycles. The summed E-state index contributed by atoms with van der Waals surface area (Å²) in [5, 5.41) is 13.3. The second kappa shape index (κ2) is 8.36. The maximum atomic E-state index is 12.1. The number of hydrogen-bond donors (Lipinski definition) is 2. The first-order valence-electron chi connectivity index (χ1n) is 7.59. The molecule has 0 saturated carbocycles. The fourth-order valence-corrected chi connectivity index (χ4v) is 3.09. The first-order valence-corrected chi connectivity index (χ1v) is 9.17. The summed E-state index contributed by atoms with van der Waals surface area (Å²) in [5.74, 6) is -0.988. The SMILES string of the molecule is O=C(O)COc1ccc(/C=N/NC(=O)c2cc3cc(Br)ccc3o2)cc1Br. The lowest BCUT2D eigenvalue weighted by Gasteiger charge is -2.06. The number of furan rings is 1. The third kappa shape index (κ3) is 4.95. The van der Waals surface area contributed by atoms with Crippen molar-refractivity contribution in [1.29, 1.82) is 0 Å².